The first-order chi connectivity index (χ1) is 14.6. The summed E-state index contributed by atoms with van der Waals surface area (Å²) in [5.41, 5.74) is 1.87. The van der Waals surface area contributed by atoms with E-state index in [1.165, 1.54) is 17.0 Å². The lowest BCUT2D eigenvalue weighted by Crippen LogP contribution is -2.50. The summed E-state index contributed by atoms with van der Waals surface area (Å²) in [7, 11) is -2.39. The van der Waals surface area contributed by atoms with Crippen molar-refractivity contribution in [2.75, 3.05) is 17.9 Å². The Bertz CT molecular complexity index is 1040. The van der Waals surface area contributed by atoms with Gasteiger partial charge in [-0.3, -0.25) is 9.10 Å². The molecule has 6 nitrogen and oxygen atoms in total. The molecule has 0 aromatic heterocycles. The van der Waals surface area contributed by atoms with Crippen molar-refractivity contribution in [3.8, 4) is 0 Å². The second kappa shape index (κ2) is 9.59. The van der Waals surface area contributed by atoms with E-state index in [1.54, 1.807) is 44.3 Å². The molecule has 8 heteroatoms. The van der Waals surface area contributed by atoms with Gasteiger partial charge in [-0.25, -0.2) is 8.42 Å². The van der Waals surface area contributed by atoms with Gasteiger partial charge in [-0.2, -0.15) is 0 Å². The van der Waals surface area contributed by atoms with Gasteiger partial charge in [0.15, 0.2) is 0 Å². The number of nitrogens with zero attached hydrogens (tertiary/aromatic N) is 2. The van der Waals surface area contributed by atoms with E-state index < -0.39 is 16.1 Å². The Morgan fingerprint density at radius 3 is 2.39 bits per heavy atom. The highest BCUT2D eigenvalue weighted by atomic mass is 35.5. The molecule has 2 unspecified atom stereocenters. The first-order valence-electron chi connectivity index (χ1n) is 10.4. The van der Waals surface area contributed by atoms with Crippen molar-refractivity contribution in [2.24, 2.45) is 0 Å². The van der Waals surface area contributed by atoms with E-state index in [-0.39, 0.29) is 23.4 Å². The highest BCUT2D eigenvalue weighted by molar-refractivity contribution is 7.92. The zero-order chi connectivity index (χ0) is 22.8. The number of aliphatic hydroxyl groups is 1. The number of hydrogen-bond donors (Lipinski definition) is 1. The quantitative estimate of drug-likeness (QED) is 0.702. The molecule has 2 atom stereocenters. The first kappa shape index (κ1) is 23.6. The maximum absolute atomic E-state index is 13.6. The van der Waals surface area contributed by atoms with Gasteiger partial charge in [-0.1, -0.05) is 48.2 Å². The van der Waals surface area contributed by atoms with Gasteiger partial charge in [0.25, 0.3) is 10.0 Å². The third-order valence-corrected chi connectivity index (χ3v) is 8.16. The van der Waals surface area contributed by atoms with Crippen LogP contribution in [0.5, 0.6) is 0 Å². The maximum Gasteiger partial charge on any atom is 0.264 e. The summed E-state index contributed by atoms with van der Waals surface area (Å²) in [5.74, 6) is -0.374. The minimum Gasteiger partial charge on any atom is -0.391 e. The predicted octanol–water partition coefficient (Wildman–Crippen LogP) is 3.91. The van der Waals surface area contributed by atoms with Crippen LogP contribution in [0.2, 0.25) is 5.02 Å². The molecular formula is C23H29ClN2O4S. The molecule has 0 spiro atoms. The fourth-order valence-corrected chi connectivity index (χ4v) is 5.61. The van der Waals surface area contributed by atoms with Crippen molar-refractivity contribution < 1.29 is 18.3 Å². The van der Waals surface area contributed by atoms with Crippen LogP contribution in [0.1, 0.15) is 36.8 Å². The number of carbonyl (C=O) groups excluding carboxylic acids is 1. The zero-order valence-corrected chi connectivity index (χ0v) is 19.7. The van der Waals surface area contributed by atoms with E-state index >= 15 is 0 Å². The second-order valence-electron chi connectivity index (χ2n) is 8.13. The van der Waals surface area contributed by atoms with Crippen molar-refractivity contribution in [1.82, 2.24) is 4.90 Å². The number of hydrogen-bond acceptors (Lipinski definition) is 4. The minimum atomic E-state index is -4.02. The average molecular weight is 465 g/mol. The molecule has 1 fully saturated rings. The third-order valence-electron chi connectivity index (χ3n) is 5.98. The lowest BCUT2D eigenvalue weighted by molar-refractivity contribution is -0.133. The summed E-state index contributed by atoms with van der Waals surface area (Å²) < 4.78 is 28.3. The predicted molar refractivity (Wildman–Crippen MR) is 123 cm³/mol. The molecule has 0 bridgehead atoms. The summed E-state index contributed by atoms with van der Waals surface area (Å²) in [6.07, 6.45) is 2.59. The number of aliphatic hydroxyl groups excluding tert-OH is 1. The van der Waals surface area contributed by atoms with Crippen LogP contribution in [0.3, 0.4) is 0 Å². The smallest absolute Gasteiger partial charge is 0.264 e. The largest absolute Gasteiger partial charge is 0.391 e. The van der Waals surface area contributed by atoms with Crippen molar-refractivity contribution in [3.63, 3.8) is 0 Å². The Labute approximate surface area is 189 Å². The number of halogens is 1. The van der Waals surface area contributed by atoms with Gasteiger partial charge in [-0.15, -0.1) is 0 Å². The molecule has 1 saturated carbocycles. The highest BCUT2D eigenvalue weighted by Gasteiger charge is 2.33. The normalized spacial score (nSPS) is 19.1. The molecule has 0 aliphatic heterocycles. The van der Waals surface area contributed by atoms with Crippen molar-refractivity contribution in [2.45, 2.75) is 56.6 Å². The number of sulfonamides is 1. The maximum atomic E-state index is 13.6. The zero-order valence-electron chi connectivity index (χ0n) is 18.1. The second-order valence-corrected chi connectivity index (χ2v) is 10.4. The Morgan fingerprint density at radius 1 is 1.10 bits per heavy atom. The molecule has 0 radical (unpaired) electrons. The summed E-state index contributed by atoms with van der Waals surface area (Å²) in [5, 5.41) is 10.8. The number of amides is 1. The summed E-state index contributed by atoms with van der Waals surface area (Å²) >= 11 is 6.26. The summed E-state index contributed by atoms with van der Waals surface area (Å²) in [6, 6.07) is 11.2. The van der Waals surface area contributed by atoms with Gasteiger partial charge in [-0.05, 0) is 56.5 Å². The lowest BCUT2D eigenvalue weighted by Gasteiger charge is -2.36. The topological polar surface area (TPSA) is 77.9 Å². The molecule has 168 valence electrons. The Morgan fingerprint density at radius 2 is 1.74 bits per heavy atom. The number of anilines is 1. The van der Waals surface area contributed by atoms with Gasteiger partial charge in [0, 0.05) is 12.1 Å². The third kappa shape index (κ3) is 5.05. The number of aryl methyl sites for hydroxylation is 1. The van der Waals surface area contributed by atoms with Crippen LogP contribution in [-0.2, 0) is 14.8 Å². The van der Waals surface area contributed by atoms with Crippen LogP contribution in [0, 0.1) is 13.8 Å². The molecule has 1 amide bonds. The van der Waals surface area contributed by atoms with Gasteiger partial charge < -0.3 is 10.0 Å². The van der Waals surface area contributed by atoms with Crippen LogP contribution in [0.25, 0.3) is 0 Å². The number of benzene rings is 2. The molecule has 31 heavy (non-hydrogen) atoms. The van der Waals surface area contributed by atoms with E-state index in [2.05, 4.69) is 0 Å². The SMILES string of the molecule is Cc1ccc(S(=O)(=O)N(CC(=O)N(C)C2CCCCC2O)c2cccc(Cl)c2C)cc1. The van der Waals surface area contributed by atoms with Gasteiger partial charge in [0.2, 0.25) is 5.91 Å². The molecule has 1 N–H and O–H groups in total. The molecule has 0 saturated heterocycles. The van der Waals surface area contributed by atoms with Crippen molar-refractivity contribution in [3.05, 3.63) is 58.6 Å². The van der Waals surface area contributed by atoms with Crippen LogP contribution in [-0.4, -0.2) is 50.1 Å². The van der Waals surface area contributed by atoms with Crippen LogP contribution in [0.4, 0.5) is 5.69 Å². The molecular weight excluding hydrogens is 436 g/mol. The fourth-order valence-electron chi connectivity index (χ4n) is 3.97. The van der Waals surface area contributed by atoms with Crippen molar-refractivity contribution in [1.29, 1.82) is 0 Å². The molecule has 1 aliphatic carbocycles. The summed E-state index contributed by atoms with van der Waals surface area (Å²) in [4.78, 5) is 14.8. The van der Waals surface area contributed by atoms with Gasteiger partial charge in [0.1, 0.15) is 6.54 Å². The van der Waals surface area contributed by atoms with E-state index in [9.17, 15) is 18.3 Å². The highest BCUT2D eigenvalue weighted by Crippen LogP contribution is 2.31. The summed E-state index contributed by atoms with van der Waals surface area (Å²) in [6.45, 7) is 3.23. The molecule has 2 aromatic rings. The monoisotopic (exact) mass is 464 g/mol. The molecule has 1 aliphatic rings. The molecule has 2 aromatic carbocycles. The van der Waals surface area contributed by atoms with Crippen LogP contribution < -0.4 is 4.31 Å². The number of likely N-dealkylation sites (N-methyl/N-ethyl adjacent to an activating group) is 1. The van der Waals surface area contributed by atoms with E-state index in [0.29, 0.717) is 29.1 Å². The fraction of sp³-hybridized carbons (Fsp3) is 0.435. The minimum absolute atomic E-state index is 0.102. The Kier molecular flexibility index (Phi) is 7.29. The Hall–Kier alpha value is -2.09. The molecule has 0 heterocycles. The van der Waals surface area contributed by atoms with E-state index in [4.69, 9.17) is 11.6 Å². The Balaban J connectivity index is 1.99. The van der Waals surface area contributed by atoms with Crippen LogP contribution in [0.15, 0.2) is 47.4 Å². The molecule has 3 rings (SSSR count). The first-order valence-corrected chi connectivity index (χ1v) is 12.2. The van der Waals surface area contributed by atoms with Gasteiger partial charge in [0.05, 0.1) is 22.7 Å². The van der Waals surface area contributed by atoms with Crippen molar-refractivity contribution >= 4 is 33.2 Å². The number of carbonyl (C=O) groups is 1. The average Bonchev–Trinajstić information content (AvgIpc) is 2.74. The lowest BCUT2D eigenvalue weighted by atomic mass is 9.91. The number of rotatable bonds is 6. The van der Waals surface area contributed by atoms with Crippen LogP contribution >= 0.6 is 11.6 Å². The van der Waals surface area contributed by atoms with Gasteiger partial charge >= 0.3 is 0 Å². The van der Waals surface area contributed by atoms with E-state index in [0.717, 1.165) is 22.7 Å². The standard InChI is InChI=1S/C23H29ClN2O4S/c1-16-11-13-18(14-12-16)31(29,30)26(20-9-6-7-19(24)17(20)2)15-23(28)25(3)21-8-4-5-10-22(21)27/h6-7,9,11-14,21-22,27H,4-5,8,10,15H2,1-3H3. The van der Waals surface area contributed by atoms with E-state index in [1.807, 2.05) is 6.92 Å².